The molecule has 0 aliphatic carbocycles. The van der Waals surface area contributed by atoms with Crippen LogP contribution in [0, 0.1) is 0 Å². The lowest BCUT2D eigenvalue weighted by Gasteiger charge is -2.21. The summed E-state index contributed by atoms with van der Waals surface area (Å²) in [5.74, 6) is -0.595. The van der Waals surface area contributed by atoms with Crippen LogP contribution in [0.2, 0.25) is 0 Å². The van der Waals surface area contributed by atoms with Crippen molar-refractivity contribution in [2.75, 3.05) is 7.11 Å². The van der Waals surface area contributed by atoms with E-state index < -0.39 is 45.3 Å². The summed E-state index contributed by atoms with van der Waals surface area (Å²) in [5.41, 5.74) is 3.68. The Morgan fingerprint density at radius 1 is 0.951 bits per heavy atom. The smallest absolute Gasteiger partial charge is 0.328 e. The van der Waals surface area contributed by atoms with Gasteiger partial charge in [-0.2, -0.15) is 0 Å². The number of fused-ring (bicyclic) bond motifs is 1. The first kappa shape index (κ1) is 27.8. The van der Waals surface area contributed by atoms with Gasteiger partial charge in [-0.1, -0.05) is 66.7 Å². The van der Waals surface area contributed by atoms with E-state index in [1.54, 1.807) is 24.3 Å². The highest BCUT2D eigenvalue weighted by molar-refractivity contribution is 7.90. The molecule has 5 rings (SSSR count). The van der Waals surface area contributed by atoms with Crippen LogP contribution in [0.4, 0.5) is 4.79 Å². The molecule has 3 atom stereocenters. The minimum atomic E-state index is -3.76. The molecule has 0 saturated carbocycles. The average molecular weight is 576 g/mol. The average Bonchev–Trinajstić information content (AvgIpc) is 3.52. The normalized spacial score (nSPS) is 17.4. The second-order valence-electron chi connectivity index (χ2n) is 9.78. The number of aromatic amines is 1. The number of nitrogens with one attached hydrogen (secondary N) is 4. The van der Waals surface area contributed by atoms with Gasteiger partial charge in [-0.25, -0.2) is 23.0 Å². The van der Waals surface area contributed by atoms with Gasteiger partial charge in [0.2, 0.25) is 15.9 Å². The topological polar surface area (TPSA) is 159 Å². The van der Waals surface area contributed by atoms with Crippen LogP contribution in [0.25, 0.3) is 11.0 Å². The van der Waals surface area contributed by atoms with Crippen molar-refractivity contribution >= 4 is 39.0 Å². The second kappa shape index (κ2) is 11.8. The van der Waals surface area contributed by atoms with E-state index >= 15 is 0 Å². The van der Waals surface area contributed by atoms with Crippen LogP contribution < -0.4 is 15.4 Å². The molecule has 1 saturated heterocycles. The zero-order valence-electron chi connectivity index (χ0n) is 22.2. The molecule has 1 aliphatic rings. The zero-order chi connectivity index (χ0) is 29.0. The van der Waals surface area contributed by atoms with E-state index in [4.69, 9.17) is 4.74 Å². The number of H-pyrrole nitrogens is 1. The third kappa shape index (κ3) is 6.55. The van der Waals surface area contributed by atoms with Crippen LogP contribution in [0.1, 0.15) is 40.2 Å². The van der Waals surface area contributed by atoms with Gasteiger partial charge >= 0.3 is 12.0 Å². The highest BCUT2D eigenvalue weighted by Crippen LogP contribution is 2.30. The zero-order valence-corrected chi connectivity index (χ0v) is 23.0. The number of carbonyl (C=O) groups excluding carboxylic acids is 3. The molecule has 41 heavy (non-hydrogen) atoms. The van der Waals surface area contributed by atoms with E-state index in [1.807, 2.05) is 59.3 Å². The minimum absolute atomic E-state index is 0.130. The van der Waals surface area contributed by atoms with E-state index in [1.165, 1.54) is 7.11 Å². The Labute approximate surface area is 236 Å². The number of ether oxygens (including phenoxy) is 1. The maximum atomic E-state index is 13.2. The Morgan fingerprint density at radius 2 is 1.63 bits per heavy atom. The van der Waals surface area contributed by atoms with Crippen LogP contribution in [-0.2, 0) is 37.2 Å². The Morgan fingerprint density at radius 3 is 2.29 bits per heavy atom. The molecule has 0 bridgehead atoms. The molecule has 2 heterocycles. The minimum Gasteiger partial charge on any atom is -0.467 e. The molecule has 0 radical (unpaired) electrons. The van der Waals surface area contributed by atoms with Crippen molar-refractivity contribution in [3.8, 4) is 0 Å². The summed E-state index contributed by atoms with van der Waals surface area (Å²) in [6.45, 7) is 0. The largest absolute Gasteiger partial charge is 0.467 e. The van der Waals surface area contributed by atoms with Crippen LogP contribution in [-0.4, -0.2) is 49.4 Å². The summed E-state index contributed by atoms with van der Waals surface area (Å²) in [7, 11) is -2.49. The number of hydrogen-bond acceptors (Lipinski definition) is 7. The predicted molar refractivity (Wildman–Crippen MR) is 151 cm³/mol. The Kier molecular flexibility index (Phi) is 8.02. The van der Waals surface area contributed by atoms with Crippen molar-refractivity contribution < 1.29 is 27.5 Å². The number of hydrogen-bond donors (Lipinski definition) is 4. The number of rotatable bonds is 9. The molecular weight excluding hydrogens is 546 g/mol. The highest BCUT2D eigenvalue weighted by Gasteiger charge is 2.37. The summed E-state index contributed by atoms with van der Waals surface area (Å²) in [5, 5.41) is 4.70. The van der Waals surface area contributed by atoms with Crippen LogP contribution >= 0.6 is 0 Å². The first-order chi connectivity index (χ1) is 19.7. The number of carbonyl (C=O) groups is 3. The monoisotopic (exact) mass is 575 g/mol. The van der Waals surface area contributed by atoms with E-state index in [0.29, 0.717) is 17.8 Å². The molecule has 1 unspecified atom stereocenters. The van der Waals surface area contributed by atoms with E-state index in [0.717, 1.165) is 22.2 Å². The van der Waals surface area contributed by atoms with E-state index in [-0.39, 0.29) is 12.8 Å². The highest BCUT2D eigenvalue weighted by atomic mass is 32.2. The maximum absolute atomic E-state index is 13.2. The Bertz CT molecular complexity index is 1640. The molecule has 11 nitrogen and oxygen atoms in total. The summed E-state index contributed by atoms with van der Waals surface area (Å²) in [6.07, 6.45) is 0.429. The Hall–Kier alpha value is -4.71. The van der Waals surface area contributed by atoms with Gasteiger partial charge in [-0.3, -0.25) is 9.52 Å². The number of esters is 1. The first-order valence-electron chi connectivity index (χ1n) is 13.0. The quantitative estimate of drug-likeness (QED) is 0.223. The number of methoxy groups -OCH3 is 1. The molecule has 4 aromatic rings. The van der Waals surface area contributed by atoms with Crippen LogP contribution in [0.5, 0.6) is 0 Å². The molecule has 212 valence electrons. The number of aromatic nitrogens is 2. The van der Waals surface area contributed by atoms with Crippen molar-refractivity contribution in [3.63, 3.8) is 0 Å². The maximum Gasteiger partial charge on any atom is 0.328 e. The lowest BCUT2D eigenvalue weighted by molar-refractivity contribution is -0.142. The number of imidazole rings is 1. The van der Waals surface area contributed by atoms with Gasteiger partial charge in [0.25, 0.3) is 0 Å². The number of benzene rings is 3. The van der Waals surface area contributed by atoms with Gasteiger partial charge in [-0.15, -0.1) is 0 Å². The molecule has 12 heteroatoms. The van der Waals surface area contributed by atoms with Crippen LogP contribution in [0.15, 0.2) is 78.9 Å². The van der Waals surface area contributed by atoms with Gasteiger partial charge in [0, 0.05) is 6.42 Å². The number of nitrogens with zero attached hydrogens (tertiary/aromatic N) is 1. The number of amides is 3. The number of para-hydroxylation sites is 2. The van der Waals surface area contributed by atoms with Gasteiger partial charge < -0.3 is 20.4 Å². The third-order valence-electron chi connectivity index (χ3n) is 6.91. The molecule has 3 aromatic carbocycles. The van der Waals surface area contributed by atoms with Crippen molar-refractivity contribution in [3.05, 3.63) is 101 Å². The molecule has 0 spiro atoms. The number of sulfonamides is 1. The Balaban J connectivity index is 1.36. The lowest BCUT2D eigenvalue weighted by atomic mass is 10.0. The fraction of sp³-hybridized carbons (Fsp3) is 0.241. The molecule has 4 N–H and O–H groups in total. The molecule has 1 aliphatic heterocycles. The summed E-state index contributed by atoms with van der Waals surface area (Å²) < 4.78 is 31.5. The third-order valence-corrected chi connectivity index (χ3v) is 8.61. The van der Waals surface area contributed by atoms with E-state index in [9.17, 15) is 22.8 Å². The predicted octanol–water partition coefficient (Wildman–Crippen LogP) is 2.82. The fourth-order valence-corrected chi connectivity index (χ4v) is 6.28. The summed E-state index contributed by atoms with van der Waals surface area (Å²) >= 11 is 0. The molecule has 1 aromatic heterocycles. The second-order valence-corrected chi connectivity index (χ2v) is 11.6. The van der Waals surface area contributed by atoms with Gasteiger partial charge in [0.15, 0.2) is 0 Å². The molecule has 3 amide bonds. The summed E-state index contributed by atoms with van der Waals surface area (Å²) in [6, 6.07) is 21.5. The van der Waals surface area contributed by atoms with Crippen LogP contribution in [0.3, 0.4) is 0 Å². The molecular formula is C29H29N5O6S. The van der Waals surface area contributed by atoms with Crippen molar-refractivity contribution in [1.29, 1.82) is 0 Å². The van der Waals surface area contributed by atoms with Crippen molar-refractivity contribution in [2.24, 2.45) is 0 Å². The standard InChI is InChI=1S/C29H29N5O6S/c1-40-28(36)24(16-18-7-3-2-4-8-18)33-29(37)32-23(27-30-21-9-5-6-10-22(21)31-27)15-19-11-13-20(14-12-19)25-17-26(35)34-41(25,38)39/h2-14,23-25H,15-17H2,1H3,(H,30,31)(H,34,35)(H2,32,33,37)/t23-,24+,25?/m0/s1. The lowest BCUT2D eigenvalue weighted by Crippen LogP contribution is -2.48. The summed E-state index contributed by atoms with van der Waals surface area (Å²) in [4.78, 5) is 45.2. The fourth-order valence-electron chi connectivity index (χ4n) is 4.85. The van der Waals surface area contributed by atoms with Gasteiger partial charge in [0.05, 0.1) is 30.6 Å². The van der Waals surface area contributed by atoms with Crippen molar-refractivity contribution in [2.45, 2.75) is 36.6 Å². The van der Waals surface area contributed by atoms with Gasteiger partial charge in [0.1, 0.15) is 17.1 Å². The first-order valence-corrected chi connectivity index (χ1v) is 14.5. The van der Waals surface area contributed by atoms with E-state index in [2.05, 4.69) is 20.6 Å². The van der Waals surface area contributed by atoms with Crippen molar-refractivity contribution in [1.82, 2.24) is 25.3 Å². The SMILES string of the molecule is COC(=O)[C@@H](Cc1ccccc1)NC(=O)N[C@@H](Cc1ccc(C2CC(=O)NS2(=O)=O)cc1)c1nc2ccccc2[nH]1. The molecule has 1 fully saturated rings. The van der Waals surface area contributed by atoms with Gasteiger partial charge in [-0.05, 0) is 35.2 Å². The number of urea groups is 1.